The van der Waals surface area contributed by atoms with E-state index in [1.54, 1.807) is 30.3 Å². The van der Waals surface area contributed by atoms with Crippen LogP contribution >= 0.6 is 39.1 Å². The minimum atomic E-state index is -0.478. The van der Waals surface area contributed by atoms with Crippen LogP contribution in [0.25, 0.3) is 0 Å². The average molecular weight is 363 g/mol. The second-order valence-corrected chi connectivity index (χ2v) is 5.88. The lowest BCUT2D eigenvalue weighted by Gasteiger charge is -2.15. The number of hydrogen-bond acceptors (Lipinski definition) is 1. The summed E-state index contributed by atoms with van der Waals surface area (Å²) in [5.74, 6) is -0.327. The summed E-state index contributed by atoms with van der Waals surface area (Å²) < 4.78 is 14.5. The van der Waals surface area contributed by atoms with E-state index in [2.05, 4.69) is 15.9 Å². The summed E-state index contributed by atoms with van der Waals surface area (Å²) in [4.78, 5) is 0. The molecule has 0 aliphatic rings. The molecule has 0 amide bonds. The van der Waals surface area contributed by atoms with E-state index in [0.29, 0.717) is 26.5 Å². The topological polar surface area (TPSA) is 26.0 Å². The molecule has 0 aromatic heterocycles. The summed E-state index contributed by atoms with van der Waals surface area (Å²) in [5.41, 5.74) is 7.37. The van der Waals surface area contributed by atoms with Crippen molar-refractivity contribution >= 4 is 39.1 Å². The molecule has 2 rings (SSSR count). The van der Waals surface area contributed by atoms with Crippen molar-refractivity contribution in [2.24, 2.45) is 5.73 Å². The van der Waals surface area contributed by atoms with Crippen molar-refractivity contribution in [2.45, 2.75) is 12.5 Å². The molecular formula is C14H11BrCl2FN. The Kier molecular flexibility index (Phi) is 4.85. The van der Waals surface area contributed by atoms with Crippen LogP contribution in [0.4, 0.5) is 4.39 Å². The second kappa shape index (κ2) is 6.23. The van der Waals surface area contributed by atoms with Gasteiger partial charge in [0.2, 0.25) is 0 Å². The zero-order chi connectivity index (χ0) is 14.0. The van der Waals surface area contributed by atoms with Crippen LogP contribution in [-0.4, -0.2) is 0 Å². The van der Waals surface area contributed by atoms with E-state index in [9.17, 15) is 4.39 Å². The lowest BCUT2D eigenvalue weighted by Crippen LogP contribution is -2.16. The fourth-order valence-corrected chi connectivity index (χ4v) is 3.01. The highest BCUT2D eigenvalue weighted by atomic mass is 79.9. The summed E-state index contributed by atoms with van der Waals surface area (Å²) in [6, 6.07) is 9.51. The molecule has 100 valence electrons. The Morgan fingerprint density at radius 3 is 2.58 bits per heavy atom. The molecule has 1 nitrogen and oxygen atoms in total. The highest BCUT2D eigenvalue weighted by Gasteiger charge is 2.16. The van der Waals surface area contributed by atoms with Crippen LogP contribution in [0.1, 0.15) is 17.2 Å². The third-order valence-corrected chi connectivity index (χ3v) is 4.10. The molecule has 1 atom stereocenters. The molecule has 19 heavy (non-hydrogen) atoms. The molecule has 0 aliphatic carbocycles. The maximum Gasteiger partial charge on any atom is 0.129 e. The molecule has 2 aromatic rings. The third kappa shape index (κ3) is 3.48. The van der Waals surface area contributed by atoms with Gasteiger partial charge in [-0.25, -0.2) is 4.39 Å². The number of rotatable bonds is 3. The SMILES string of the molecule is NC(Cc1ccc(Cl)cc1Cl)c1c(F)cccc1Br. The van der Waals surface area contributed by atoms with E-state index >= 15 is 0 Å². The van der Waals surface area contributed by atoms with Gasteiger partial charge < -0.3 is 5.73 Å². The van der Waals surface area contributed by atoms with Gasteiger partial charge in [-0.3, -0.25) is 0 Å². The van der Waals surface area contributed by atoms with E-state index in [1.165, 1.54) is 6.07 Å². The Morgan fingerprint density at radius 2 is 1.95 bits per heavy atom. The largest absolute Gasteiger partial charge is 0.324 e. The van der Waals surface area contributed by atoms with E-state index in [0.717, 1.165) is 5.56 Å². The minimum Gasteiger partial charge on any atom is -0.324 e. The van der Waals surface area contributed by atoms with E-state index in [4.69, 9.17) is 28.9 Å². The molecule has 0 fully saturated rings. The Morgan fingerprint density at radius 1 is 1.21 bits per heavy atom. The van der Waals surface area contributed by atoms with Gasteiger partial charge >= 0.3 is 0 Å². The average Bonchev–Trinajstić information content (AvgIpc) is 2.32. The van der Waals surface area contributed by atoms with Crippen molar-refractivity contribution in [1.29, 1.82) is 0 Å². The maximum absolute atomic E-state index is 13.8. The quantitative estimate of drug-likeness (QED) is 0.803. The normalized spacial score (nSPS) is 12.5. The molecule has 0 saturated heterocycles. The molecule has 0 radical (unpaired) electrons. The van der Waals surface area contributed by atoms with Crippen LogP contribution < -0.4 is 5.73 Å². The maximum atomic E-state index is 13.8. The van der Waals surface area contributed by atoms with Gasteiger partial charge in [0.05, 0.1) is 0 Å². The molecule has 0 saturated carbocycles. The number of benzene rings is 2. The van der Waals surface area contributed by atoms with Crippen LogP contribution in [0.2, 0.25) is 10.0 Å². The first kappa shape index (κ1) is 14.8. The molecule has 5 heteroatoms. The van der Waals surface area contributed by atoms with Gasteiger partial charge in [0.15, 0.2) is 0 Å². The van der Waals surface area contributed by atoms with Crippen molar-refractivity contribution in [3.63, 3.8) is 0 Å². The zero-order valence-corrected chi connectivity index (χ0v) is 12.9. The van der Waals surface area contributed by atoms with Gasteiger partial charge in [-0.15, -0.1) is 0 Å². The van der Waals surface area contributed by atoms with Crippen molar-refractivity contribution in [2.75, 3.05) is 0 Å². The Labute approximate surface area is 129 Å². The fraction of sp³-hybridized carbons (Fsp3) is 0.143. The zero-order valence-electron chi connectivity index (χ0n) is 9.84. The van der Waals surface area contributed by atoms with Crippen molar-refractivity contribution in [3.05, 3.63) is 67.9 Å². The summed E-state index contributed by atoms with van der Waals surface area (Å²) in [7, 11) is 0. The van der Waals surface area contributed by atoms with Crippen molar-refractivity contribution in [3.8, 4) is 0 Å². The lowest BCUT2D eigenvalue weighted by atomic mass is 9.99. The second-order valence-electron chi connectivity index (χ2n) is 4.18. The van der Waals surface area contributed by atoms with Crippen molar-refractivity contribution < 1.29 is 4.39 Å². The summed E-state index contributed by atoms with van der Waals surface area (Å²) in [5, 5.41) is 1.10. The lowest BCUT2D eigenvalue weighted by molar-refractivity contribution is 0.578. The molecule has 2 aromatic carbocycles. The first-order chi connectivity index (χ1) is 8.99. The number of halogens is 4. The highest BCUT2D eigenvalue weighted by Crippen LogP contribution is 2.29. The summed E-state index contributed by atoms with van der Waals surface area (Å²) in [6.07, 6.45) is 0.440. The number of hydrogen-bond donors (Lipinski definition) is 1. The van der Waals surface area contributed by atoms with Gasteiger partial charge in [-0.1, -0.05) is 51.3 Å². The van der Waals surface area contributed by atoms with Gasteiger partial charge in [0.25, 0.3) is 0 Å². The van der Waals surface area contributed by atoms with Gasteiger partial charge in [-0.2, -0.15) is 0 Å². The van der Waals surface area contributed by atoms with Crippen LogP contribution in [0.3, 0.4) is 0 Å². The monoisotopic (exact) mass is 361 g/mol. The molecular weight excluding hydrogens is 352 g/mol. The molecule has 0 heterocycles. The standard InChI is InChI=1S/C14H11BrCl2FN/c15-10-2-1-3-12(18)14(10)13(19)6-8-4-5-9(16)7-11(8)17/h1-5,7,13H,6,19H2. The fourth-order valence-electron chi connectivity index (χ4n) is 1.89. The number of nitrogens with two attached hydrogens (primary N) is 1. The van der Waals surface area contributed by atoms with Gasteiger partial charge in [-0.05, 0) is 36.2 Å². The Balaban J connectivity index is 2.28. The molecule has 0 bridgehead atoms. The molecule has 0 aliphatic heterocycles. The molecule has 1 unspecified atom stereocenters. The van der Waals surface area contributed by atoms with Crippen LogP contribution in [0.5, 0.6) is 0 Å². The smallest absolute Gasteiger partial charge is 0.129 e. The van der Waals surface area contributed by atoms with E-state index < -0.39 is 6.04 Å². The molecule has 0 spiro atoms. The third-order valence-electron chi connectivity index (χ3n) is 2.83. The predicted molar refractivity (Wildman–Crippen MR) is 81.2 cm³/mol. The summed E-state index contributed by atoms with van der Waals surface area (Å²) >= 11 is 15.3. The Bertz CT molecular complexity index is 584. The first-order valence-corrected chi connectivity index (χ1v) is 7.17. The first-order valence-electron chi connectivity index (χ1n) is 5.62. The van der Waals surface area contributed by atoms with Crippen LogP contribution in [0.15, 0.2) is 40.9 Å². The van der Waals surface area contributed by atoms with Gasteiger partial charge in [0, 0.05) is 26.1 Å². The Hall–Kier alpha value is -0.610. The van der Waals surface area contributed by atoms with Crippen LogP contribution in [-0.2, 0) is 6.42 Å². The summed E-state index contributed by atoms with van der Waals surface area (Å²) in [6.45, 7) is 0. The van der Waals surface area contributed by atoms with Crippen LogP contribution in [0, 0.1) is 5.82 Å². The molecule has 2 N–H and O–H groups in total. The van der Waals surface area contributed by atoms with E-state index in [-0.39, 0.29) is 5.82 Å². The predicted octanol–water partition coefficient (Wildman–Crippen LogP) is 5.14. The van der Waals surface area contributed by atoms with E-state index in [1.807, 2.05) is 0 Å². The van der Waals surface area contributed by atoms with Gasteiger partial charge in [0.1, 0.15) is 5.82 Å². The minimum absolute atomic E-state index is 0.327. The highest BCUT2D eigenvalue weighted by molar-refractivity contribution is 9.10. The van der Waals surface area contributed by atoms with Crippen molar-refractivity contribution in [1.82, 2.24) is 0 Å².